The highest BCUT2D eigenvalue weighted by Gasteiger charge is 2.39. The normalized spacial score (nSPS) is 17.5. The number of halogens is 3. The van der Waals surface area contributed by atoms with E-state index in [9.17, 15) is 23.3 Å². The number of nitro groups is 1. The van der Waals surface area contributed by atoms with Crippen LogP contribution >= 0.6 is 0 Å². The molecule has 0 unspecified atom stereocenters. The third kappa shape index (κ3) is 2.93. The van der Waals surface area contributed by atoms with Gasteiger partial charge in [0.15, 0.2) is 0 Å². The molecule has 0 aromatic heterocycles. The van der Waals surface area contributed by atoms with Gasteiger partial charge in [0.2, 0.25) is 0 Å². The van der Waals surface area contributed by atoms with E-state index in [2.05, 4.69) is 0 Å². The third-order valence-corrected chi connectivity index (χ3v) is 1.88. The minimum absolute atomic E-state index is 0.405. The summed E-state index contributed by atoms with van der Waals surface area (Å²) in [4.78, 5) is 9.45. The Morgan fingerprint density at radius 2 is 1.93 bits per heavy atom. The van der Waals surface area contributed by atoms with Crippen molar-refractivity contribution in [3.8, 4) is 0 Å². The van der Waals surface area contributed by atoms with Crippen LogP contribution in [0.3, 0.4) is 0 Å². The molecule has 0 saturated carbocycles. The predicted molar refractivity (Wildman–Crippen MR) is 47.6 cm³/mol. The maximum Gasteiger partial charge on any atom is 0.419 e. The van der Waals surface area contributed by atoms with Crippen molar-refractivity contribution < 1.29 is 18.1 Å². The van der Waals surface area contributed by atoms with E-state index in [4.69, 9.17) is 0 Å². The number of nitrogens with zero attached hydrogens (tertiary/aromatic N) is 1. The molecule has 0 aliphatic heterocycles. The lowest BCUT2D eigenvalue weighted by Crippen LogP contribution is -2.17. The van der Waals surface area contributed by atoms with E-state index in [1.165, 1.54) is 12.2 Å². The summed E-state index contributed by atoms with van der Waals surface area (Å²) >= 11 is 0. The molecule has 1 aliphatic carbocycles. The fraction of sp³-hybridized carbons (Fsp3) is 0.333. The average Bonchev–Trinajstić information content (AvgIpc) is 1.99. The number of rotatable bonds is 1. The highest BCUT2D eigenvalue weighted by atomic mass is 19.4. The highest BCUT2D eigenvalue weighted by Crippen LogP contribution is 2.32. The minimum atomic E-state index is -4.66. The first kappa shape index (κ1) is 11.5. The average molecular weight is 219 g/mol. The van der Waals surface area contributed by atoms with Crippen LogP contribution in [0.15, 0.2) is 35.6 Å². The van der Waals surface area contributed by atoms with Gasteiger partial charge in [-0.1, -0.05) is 18.2 Å². The molecule has 0 saturated heterocycles. The van der Waals surface area contributed by atoms with Crippen molar-refractivity contribution in [2.45, 2.75) is 19.0 Å². The number of hydrogen-bond donors (Lipinski definition) is 0. The van der Waals surface area contributed by atoms with Crippen LogP contribution in [0.5, 0.6) is 0 Å². The van der Waals surface area contributed by atoms with Crippen LogP contribution in [0.2, 0.25) is 0 Å². The van der Waals surface area contributed by atoms with Gasteiger partial charge in [0.05, 0.1) is 4.92 Å². The molecule has 15 heavy (non-hydrogen) atoms. The predicted octanol–water partition coefficient (Wildman–Crippen LogP) is 2.99. The Morgan fingerprint density at radius 1 is 1.27 bits per heavy atom. The number of allylic oxidation sites excluding steroid dienone is 5. The van der Waals surface area contributed by atoms with Crippen LogP contribution in [0, 0.1) is 10.1 Å². The first-order valence-corrected chi connectivity index (χ1v) is 4.19. The van der Waals surface area contributed by atoms with Gasteiger partial charge in [-0.25, -0.2) is 0 Å². The standard InChI is InChI=1S/C9H8F3NO2/c10-9(11,12)7-5-3-1-2-4-6-8(7)13(14)15/h1,3-4,6H,2,5H2. The maximum absolute atomic E-state index is 12.4. The van der Waals surface area contributed by atoms with Gasteiger partial charge in [-0.2, -0.15) is 13.2 Å². The lowest BCUT2D eigenvalue weighted by molar-refractivity contribution is -0.422. The minimum Gasteiger partial charge on any atom is -0.258 e. The monoisotopic (exact) mass is 219 g/mol. The molecule has 0 aromatic rings. The second-order valence-electron chi connectivity index (χ2n) is 2.93. The van der Waals surface area contributed by atoms with Gasteiger partial charge in [-0.3, -0.25) is 10.1 Å². The van der Waals surface area contributed by atoms with E-state index in [-0.39, 0.29) is 0 Å². The van der Waals surface area contributed by atoms with Gasteiger partial charge in [-0.05, 0) is 6.42 Å². The molecule has 0 aromatic carbocycles. The Labute approximate surface area is 83.7 Å². The Hall–Kier alpha value is -1.59. The summed E-state index contributed by atoms with van der Waals surface area (Å²) in [7, 11) is 0. The maximum atomic E-state index is 12.4. The number of alkyl halides is 3. The summed E-state index contributed by atoms with van der Waals surface area (Å²) in [5.74, 6) is 0. The van der Waals surface area contributed by atoms with Crippen LogP contribution in [0.4, 0.5) is 13.2 Å². The molecule has 0 spiro atoms. The fourth-order valence-electron chi connectivity index (χ4n) is 1.19. The lowest BCUT2D eigenvalue weighted by Gasteiger charge is -2.10. The molecule has 82 valence electrons. The summed E-state index contributed by atoms with van der Waals surface area (Å²) in [6.07, 6.45) is 0.363. The smallest absolute Gasteiger partial charge is 0.258 e. The molecule has 0 amide bonds. The third-order valence-electron chi connectivity index (χ3n) is 1.88. The molecule has 3 nitrogen and oxygen atoms in total. The first-order chi connectivity index (χ1) is 6.93. The van der Waals surface area contributed by atoms with Crippen LogP contribution in [-0.4, -0.2) is 11.1 Å². The molecule has 0 N–H and O–H groups in total. The van der Waals surface area contributed by atoms with Crippen molar-refractivity contribution in [3.05, 3.63) is 45.7 Å². The van der Waals surface area contributed by atoms with Crippen molar-refractivity contribution in [3.63, 3.8) is 0 Å². The van der Waals surface area contributed by atoms with Crippen LogP contribution < -0.4 is 0 Å². The number of hydrogen-bond acceptors (Lipinski definition) is 2. The van der Waals surface area contributed by atoms with E-state index in [0.717, 1.165) is 6.08 Å². The second-order valence-corrected chi connectivity index (χ2v) is 2.93. The molecule has 0 bridgehead atoms. The van der Waals surface area contributed by atoms with E-state index < -0.39 is 28.8 Å². The second kappa shape index (κ2) is 4.29. The largest absolute Gasteiger partial charge is 0.419 e. The molecule has 1 rings (SSSR count). The Kier molecular flexibility index (Phi) is 3.28. The zero-order chi connectivity index (χ0) is 11.5. The van der Waals surface area contributed by atoms with Gasteiger partial charge < -0.3 is 0 Å². The topological polar surface area (TPSA) is 43.1 Å². The Morgan fingerprint density at radius 3 is 2.47 bits per heavy atom. The van der Waals surface area contributed by atoms with Gasteiger partial charge in [-0.15, -0.1) is 0 Å². The lowest BCUT2D eigenvalue weighted by atomic mass is 10.1. The highest BCUT2D eigenvalue weighted by molar-refractivity contribution is 5.27. The summed E-state index contributed by atoms with van der Waals surface area (Å²) < 4.78 is 37.3. The SMILES string of the molecule is O=[N+]([O-])C1=C(C(F)(F)F)CC=CCC=C1. The zero-order valence-electron chi connectivity index (χ0n) is 7.62. The Bertz CT molecular complexity index is 353. The molecular weight excluding hydrogens is 211 g/mol. The summed E-state index contributed by atoms with van der Waals surface area (Å²) in [6, 6.07) is 0. The van der Waals surface area contributed by atoms with Gasteiger partial charge in [0, 0.05) is 12.5 Å². The van der Waals surface area contributed by atoms with Crippen LogP contribution in [0.1, 0.15) is 12.8 Å². The van der Waals surface area contributed by atoms with Crippen LogP contribution in [0.25, 0.3) is 0 Å². The van der Waals surface area contributed by atoms with E-state index in [1.807, 2.05) is 0 Å². The van der Waals surface area contributed by atoms with Crippen LogP contribution in [-0.2, 0) is 0 Å². The molecule has 1 aliphatic rings. The zero-order valence-corrected chi connectivity index (χ0v) is 7.62. The molecule has 0 fully saturated rings. The van der Waals surface area contributed by atoms with Gasteiger partial charge in [0.25, 0.3) is 5.70 Å². The quantitative estimate of drug-likeness (QED) is 0.386. The van der Waals surface area contributed by atoms with E-state index >= 15 is 0 Å². The van der Waals surface area contributed by atoms with Gasteiger partial charge >= 0.3 is 6.18 Å². The first-order valence-electron chi connectivity index (χ1n) is 4.19. The molecule has 0 radical (unpaired) electrons. The Balaban J connectivity index is 3.24. The van der Waals surface area contributed by atoms with E-state index in [1.54, 1.807) is 6.08 Å². The summed E-state index contributed by atoms with van der Waals surface area (Å²) in [6.45, 7) is 0. The van der Waals surface area contributed by atoms with Crippen molar-refractivity contribution in [1.29, 1.82) is 0 Å². The van der Waals surface area contributed by atoms with E-state index in [0.29, 0.717) is 6.42 Å². The molecule has 6 heteroatoms. The van der Waals surface area contributed by atoms with Crippen molar-refractivity contribution in [2.75, 3.05) is 0 Å². The fourth-order valence-corrected chi connectivity index (χ4v) is 1.19. The van der Waals surface area contributed by atoms with Crippen molar-refractivity contribution >= 4 is 0 Å². The molecular formula is C9H8F3NO2. The van der Waals surface area contributed by atoms with Gasteiger partial charge in [0.1, 0.15) is 5.57 Å². The molecule has 0 heterocycles. The van der Waals surface area contributed by atoms with Crippen molar-refractivity contribution in [1.82, 2.24) is 0 Å². The van der Waals surface area contributed by atoms with Crippen molar-refractivity contribution in [2.24, 2.45) is 0 Å². The summed E-state index contributed by atoms with van der Waals surface area (Å²) in [5, 5.41) is 10.4. The molecule has 0 atom stereocenters. The summed E-state index contributed by atoms with van der Waals surface area (Å²) in [5.41, 5.74) is -1.98.